The van der Waals surface area contributed by atoms with E-state index < -0.39 is 5.60 Å². The van der Waals surface area contributed by atoms with Crippen LogP contribution < -0.4 is 0 Å². The van der Waals surface area contributed by atoms with Crippen LogP contribution in [0.2, 0.25) is 0 Å². The predicted molar refractivity (Wildman–Crippen MR) is 71.4 cm³/mol. The predicted octanol–water partition coefficient (Wildman–Crippen LogP) is 2.65. The number of hydrogen-bond donors (Lipinski definition) is 1. The van der Waals surface area contributed by atoms with Gasteiger partial charge in [0.2, 0.25) is 0 Å². The van der Waals surface area contributed by atoms with Crippen molar-refractivity contribution in [3.63, 3.8) is 0 Å². The Kier molecular flexibility index (Phi) is 5.45. The molecule has 1 atom stereocenters. The Bertz CT molecular complexity index is 267. The number of rotatable bonds is 5. The number of carbonyl (C=O) groups excluding carboxylic acids is 1. The van der Waals surface area contributed by atoms with Gasteiger partial charge in [-0.05, 0) is 45.4 Å². The molecule has 0 saturated carbocycles. The highest BCUT2D eigenvalue weighted by Gasteiger charge is 2.37. The topological polar surface area (TPSA) is 49.8 Å². The van der Waals surface area contributed by atoms with Crippen molar-refractivity contribution in [2.45, 2.75) is 52.6 Å². The van der Waals surface area contributed by atoms with Crippen molar-refractivity contribution < 1.29 is 14.6 Å². The Labute approximate surface area is 110 Å². The van der Waals surface area contributed by atoms with Gasteiger partial charge in [0.05, 0.1) is 0 Å². The maximum Gasteiger partial charge on any atom is 0.410 e. The van der Waals surface area contributed by atoms with E-state index >= 15 is 0 Å². The van der Waals surface area contributed by atoms with Crippen molar-refractivity contribution in [3.8, 4) is 0 Å². The van der Waals surface area contributed by atoms with Crippen molar-refractivity contribution in [3.05, 3.63) is 0 Å². The number of carbonyl (C=O) groups is 1. The first-order valence-electron chi connectivity index (χ1n) is 6.96. The summed E-state index contributed by atoms with van der Waals surface area (Å²) >= 11 is 0. The zero-order chi connectivity index (χ0) is 13.8. The van der Waals surface area contributed by atoms with Crippen molar-refractivity contribution in [2.75, 3.05) is 19.7 Å². The molecule has 1 saturated heterocycles. The number of nitrogens with zero attached hydrogens (tertiary/aromatic N) is 1. The number of aliphatic hydroxyl groups excluding tert-OH is 1. The lowest BCUT2D eigenvalue weighted by Gasteiger charge is -2.43. The Hall–Kier alpha value is -0.770. The molecule has 1 heterocycles. The van der Waals surface area contributed by atoms with Crippen molar-refractivity contribution in [2.24, 2.45) is 11.8 Å². The van der Waals surface area contributed by atoms with Gasteiger partial charge < -0.3 is 14.7 Å². The second-order valence-electron chi connectivity index (χ2n) is 6.18. The molecule has 4 nitrogen and oxygen atoms in total. The van der Waals surface area contributed by atoms with Gasteiger partial charge in [0.1, 0.15) is 5.60 Å². The van der Waals surface area contributed by atoms with E-state index in [1.165, 1.54) is 0 Å². The number of ether oxygens (including phenoxy) is 1. The van der Waals surface area contributed by atoms with Gasteiger partial charge >= 0.3 is 6.09 Å². The van der Waals surface area contributed by atoms with Crippen LogP contribution in [0.15, 0.2) is 0 Å². The highest BCUT2D eigenvalue weighted by atomic mass is 16.6. The van der Waals surface area contributed by atoms with Gasteiger partial charge in [0.15, 0.2) is 0 Å². The minimum Gasteiger partial charge on any atom is -0.444 e. The van der Waals surface area contributed by atoms with Crippen LogP contribution in [0.3, 0.4) is 0 Å². The van der Waals surface area contributed by atoms with Crippen LogP contribution >= 0.6 is 0 Å². The third-order valence-electron chi connectivity index (χ3n) is 3.49. The zero-order valence-electron chi connectivity index (χ0n) is 12.1. The molecule has 106 valence electrons. The van der Waals surface area contributed by atoms with Crippen molar-refractivity contribution >= 4 is 6.09 Å². The summed E-state index contributed by atoms with van der Waals surface area (Å²) in [6.07, 6.45) is 2.84. The lowest BCUT2D eigenvalue weighted by atomic mass is 9.81. The molecule has 1 N–H and O–H groups in total. The largest absolute Gasteiger partial charge is 0.444 e. The van der Waals surface area contributed by atoms with E-state index in [9.17, 15) is 4.79 Å². The van der Waals surface area contributed by atoms with Gasteiger partial charge in [-0.1, -0.05) is 13.3 Å². The first kappa shape index (κ1) is 15.3. The maximum absolute atomic E-state index is 11.8. The van der Waals surface area contributed by atoms with Gasteiger partial charge in [0, 0.05) is 19.7 Å². The second-order valence-corrected chi connectivity index (χ2v) is 6.18. The summed E-state index contributed by atoms with van der Waals surface area (Å²) in [5, 5.41) is 8.87. The molecule has 1 amide bonds. The van der Waals surface area contributed by atoms with Crippen LogP contribution in [0.1, 0.15) is 47.0 Å². The molecule has 0 aromatic rings. The van der Waals surface area contributed by atoms with E-state index in [0.29, 0.717) is 11.8 Å². The SMILES string of the molecule is CCC(CCCO)C1CN(C(=O)OC(C)(C)C)C1. The van der Waals surface area contributed by atoms with E-state index in [0.717, 1.165) is 32.4 Å². The highest BCUT2D eigenvalue weighted by molar-refractivity contribution is 5.69. The third-order valence-corrected chi connectivity index (χ3v) is 3.49. The average molecular weight is 257 g/mol. The smallest absolute Gasteiger partial charge is 0.410 e. The number of amides is 1. The molecule has 1 rings (SSSR count). The molecule has 0 aromatic heterocycles. The average Bonchev–Trinajstić information content (AvgIpc) is 2.18. The molecule has 1 unspecified atom stereocenters. The molecule has 0 aliphatic carbocycles. The molecular weight excluding hydrogens is 230 g/mol. The van der Waals surface area contributed by atoms with Gasteiger partial charge in [-0.25, -0.2) is 4.79 Å². The Morgan fingerprint density at radius 2 is 2.06 bits per heavy atom. The molecule has 1 aliphatic heterocycles. The molecule has 18 heavy (non-hydrogen) atoms. The highest BCUT2D eigenvalue weighted by Crippen LogP contribution is 2.30. The molecule has 1 fully saturated rings. The molecule has 1 aliphatic rings. The summed E-state index contributed by atoms with van der Waals surface area (Å²) < 4.78 is 5.33. The van der Waals surface area contributed by atoms with E-state index in [4.69, 9.17) is 9.84 Å². The molecule has 0 radical (unpaired) electrons. The van der Waals surface area contributed by atoms with Gasteiger partial charge in [-0.15, -0.1) is 0 Å². The van der Waals surface area contributed by atoms with Crippen LogP contribution in [0, 0.1) is 11.8 Å². The van der Waals surface area contributed by atoms with Crippen LogP contribution in [0.25, 0.3) is 0 Å². The Morgan fingerprint density at radius 1 is 1.44 bits per heavy atom. The van der Waals surface area contributed by atoms with Crippen LogP contribution in [-0.2, 0) is 4.74 Å². The first-order valence-corrected chi connectivity index (χ1v) is 6.96. The van der Waals surface area contributed by atoms with Gasteiger partial charge in [-0.2, -0.15) is 0 Å². The fourth-order valence-electron chi connectivity index (χ4n) is 2.41. The normalized spacial score (nSPS) is 18.4. The van der Waals surface area contributed by atoms with Crippen LogP contribution in [0.4, 0.5) is 4.79 Å². The summed E-state index contributed by atoms with van der Waals surface area (Å²) in [5.41, 5.74) is -0.413. The number of hydrogen-bond acceptors (Lipinski definition) is 3. The summed E-state index contributed by atoms with van der Waals surface area (Å²) in [5.74, 6) is 1.20. The first-order chi connectivity index (χ1) is 8.37. The van der Waals surface area contributed by atoms with E-state index in [-0.39, 0.29) is 12.7 Å². The van der Waals surface area contributed by atoms with Gasteiger partial charge in [-0.3, -0.25) is 0 Å². The monoisotopic (exact) mass is 257 g/mol. The third kappa shape index (κ3) is 4.48. The summed E-state index contributed by atoms with van der Waals surface area (Å²) in [4.78, 5) is 13.6. The summed E-state index contributed by atoms with van der Waals surface area (Å²) in [7, 11) is 0. The minimum absolute atomic E-state index is 0.198. The quantitative estimate of drug-likeness (QED) is 0.823. The second kappa shape index (κ2) is 6.41. The lowest BCUT2D eigenvalue weighted by Crippen LogP contribution is -2.53. The fourth-order valence-corrected chi connectivity index (χ4v) is 2.41. The van der Waals surface area contributed by atoms with Crippen molar-refractivity contribution in [1.82, 2.24) is 4.90 Å². The van der Waals surface area contributed by atoms with Crippen LogP contribution in [0.5, 0.6) is 0 Å². The standard InChI is InChI=1S/C14H27NO3/c1-5-11(7-6-8-16)12-9-15(10-12)13(17)18-14(2,3)4/h11-12,16H,5-10H2,1-4H3. The molecular formula is C14H27NO3. The minimum atomic E-state index is -0.413. The van der Waals surface area contributed by atoms with E-state index in [1.54, 1.807) is 4.90 Å². The summed E-state index contributed by atoms with van der Waals surface area (Å²) in [6, 6.07) is 0. The van der Waals surface area contributed by atoms with Crippen molar-refractivity contribution in [1.29, 1.82) is 0 Å². The molecule has 0 aromatic carbocycles. The maximum atomic E-state index is 11.8. The molecule has 0 bridgehead atoms. The lowest BCUT2D eigenvalue weighted by molar-refractivity contribution is -0.0126. The molecule has 4 heteroatoms. The number of aliphatic hydroxyl groups is 1. The van der Waals surface area contributed by atoms with Gasteiger partial charge in [0.25, 0.3) is 0 Å². The number of likely N-dealkylation sites (tertiary alicyclic amines) is 1. The summed E-state index contributed by atoms with van der Waals surface area (Å²) in [6.45, 7) is 9.71. The Morgan fingerprint density at radius 3 is 2.50 bits per heavy atom. The van der Waals surface area contributed by atoms with Crippen LogP contribution in [-0.4, -0.2) is 41.4 Å². The zero-order valence-corrected chi connectivity index (χ0v) is 12.1. The fraction of sp³-hybridized carbons (Fsp3) is 0.929. The Balaban J connectivity index is 2.31. The molecule has 0 spiro atoms. The van der Waals surface area contributed by atoms with E-state index in [2.05, 4.69) is 6.92 Å². The van der Waals surface area contributed by atoms with E-state index in [1.807, 2.05) is 20.8 Å².